The summed E-state index contributed by atoms with van der Waals surface area (Å²) in [5.74, 6) is 3.88. The van der Waals surface area contributed by atoms with Crippen LogP contribution in [0.5, 0.6) is 0 Å². The molecule has 140 valence electrons. The maximum Gasteiger partial charge on any atom is 0.295 e. The second kappa shape index (κ2) is 9.60. The van der Waals surface area contributed by atoms with Gasteiger partial charge in [0.2, 0.25) is 5.91 Å². The predicted molar refractivity (Wildman–Crippen MR) is 104 cm³/mol. The molecule has 2 amide bonds. The minimum absolute atomic E-state index is 0.0831. The van der Waals surface area contributed by atoms with Crippen molar-refractivity contribution in [3.8, 4) is 11.8 Å². The second-order valence-corrected chi connectivity index (χ2v) is 6.15. The molecule has 4 N–H and O–H groups in total. The van der Waals surface area contributed by atoms with Crippen molar-refractivity contribution in [2.75, 3.05) is 12.4 Å². The number of amides is 2. The number of nitrogens with two attached hydrogens (primary N) is 1. The Labute approximate surface area is 162 Å². The molecule has 1 atom stereocenters. The predicted octanol–water partition coefficient (Wildman–Crippen LogP) is 3.00. The topological polar surface area (TPSA) is 84.2 Å². The molecular formula is C20H19ClFN3O2. The van der Waals surface area contributed by atoms with Crippen LogP contribution in [0.3, 0.4) is 0 Å². The number of carbonyl (C=O) groups is 2. The van der Waals surface area contributed by atoms with Gasteiger partial charge in [0.25, 0.3) is 5.91 Å². The molecule has 2 aromatic carbocycles. The molecule has 27 heavy (non-hydrogen) atoms. The molecule has 0 spiro atoms. The fraction of sp³-hybridized carbons (Fsp3) is 0.200. The summed E-state index contributed by atoms with van der Waals surface area (Å²) < 4.78 is 14.2. The molecule has 0 bridgehead atoms. The van der Waals surface area contributed by atoms with Crippen LogP contribution < -0.4 is 16.4 Å². The Morgan fingerprint density at radius 3 is 2.67 bits per heavy atom. The van der Waals surface area contributed by atoms with E-state index in [-0.39, 0.29) is 6.42 Å². The average Bonchev–Trinajstić information content (AvgIpc) is 2.65. The molecule has 0 fully saturated rings. The van der Waals surface area contributed by atoms with E-state index in [2.05, 4.69) is 22.5 Å². The van der Waals surface area contributed by atoms with Crippen LogP contribution in [-0.2, 0) is 9.59 Å². The molecule has 0 saturated carbocycles. The largest absolute Gasteiger partial charge is 0.377 e. The molecule has 0 saturated heterocycles. The molecule has 0 heterocycles. The lowest BCUT2D eigenvalue weighted by Gasteiger charge is -2.21. The van der Waals surface area contributed by atoms with Crippen molar-refractivity contribution in [2.45, 2.75) is 18.9 Å². The quantitative estimate of drug-likeness (QED) is 0.666. The van der Waals surface area contributed by atoms with Crippen molar-refractivity contribution in [2.24, 2.45) is 5.73 Å². The maximum absolute atomic E-state index is 14.2. The molecular weight excluding hydrogens is 369 g/mol. The van der Waals surface area contributed by atoms with E-state index in [1.807, 2.05) is 0 Å². The summed E-state index contributed by atoms with van der Waals surface area (Å²) in [6.45, 7) is 0. The molecule has 0 radical (unpaired) electrons. The van der Waals surface area contributed by atoms with Gasteiger partial charge < -0.3 is 16.4 Å². The first kappa shape index (κ1) is 20.3. The van der Waals surface area contributed by atoms with E-state index in [9.17, 15) is 14.0 Å². The van der Waals surface area contributed by atoms with Crippen LogP contribution in [-0.4, -0.2) is 18.9 Å². The lowest BCUT2D eigenvalue weighted by Crippen LogP contribution is -2.17. The van der Waals surface area contributed by atoms with Gasteiger partial charge in [0.05, 0.1) is 16.8 Å². The highest BCUT2D eigenvalue weighted by Crippen LogP contribution is 2.30. The van der Waals surface area contributed by atoms with E-state index < -0.39 is 23.7 Å². The minimum Gasteiger partial charge on any atom is -0.377 e. The second-order valence-electron chi connectivity index (χ2n) is 5.75. The van der Waals surface area contributed by atoms with Crippen LogP contribution in [0.25, 0.3) is 0 Å². The summed E-state index contributed by atoms with van der Waals surface area (Å²) in [6.07, 6.45) is 0.376. The van der Waals surface area contributed by atoms with Crippen LogP contribution in [0.4, 0.5) is 10.1 Å². The zero-order valence-electron chi connectivity index (χ0n) is 14.7. The fourth-order valence-electron chi connectivity index (χ4n) is 2.44. The lowest BCUT2D eigenvalue weighted by atomic mass is 10.0. The fourth-order valence-corrected chi connectivity index (χ4v) is 2.61. The van der Waals surface area contributed by atoms with Crippen LogP contribution in [0.2, 0.25) is 5.02 Å². The van der Waals surface area contributed by atoms with Crippen molar-refractivity contribution >= 4 is 29.1 Å². The number of hydrogen-bond acceptors (Lipinski definition) is 3. The molecule has 7 heteroatoms. The van der Waals surface area contributed by atoms with Crippen molar-refractivity contribution < 1.29 is 14.0 Å². The van der Waals surface area contributed by atoms with Gasteiger partial charge in [-0.3, -0.25) is 9.59 Å². The van der Waals surface area contributed by atoms with Crippen molar-refractivity contribution in [1.82, 2.24) is 5.32 Å². The van der Waals surface area contributed by atoms with E-state index in [1.54, 1.807) is 36.4 Å². The van der Waals surface area contributed by atoms with Crippen LogP contribution >= 0.6 is 11.6 Å². The Bertz CT molecular complexity index is 906. The highest BCUT2D eigenvalue weighted by Gasteiger charge is 2.17. The van der Waals surface area contributed by atoms with Crippen LogP contribution in [0.1, 0.15) is 30.0 Å². The first-order chi connectivity index (χ1) is 12.9. The average molecular weight is 388 g/mol. The van der Waals surface area contributed by atoms with Gasteiger partial charge >= 0.3 is 0 Å². The Morgan fingerprint density at radius 2 is 2.00 bits per heavy atom. The number of carbonyl (C=O) groups excluding carboxylic acids is 2. The molecule has 0 aliphatic rings. The summed E-state index contributed by atoms with van der Waals surface area (Å²) >= 11 is 6.24. The van der Waals surface area contributed by atoms with Gasteiger partial charge in [0, 0.05) is 30.5 Å². The molecule has 2 rings (SSSR count). The number of rotatable bonds is 6. The minimum atomic E-state index is -0.515. The lowest BCUT2D eigenvalue weighted by molar-refractivity contribution is -0.118. The number of nitrogens with one attached hydrogen (secondary N) is 2. The zero-order valence-corrected chi connectivity index (χ0v) is 15.4. The number of benzene rings is 2. The van der Waals surface area contributed by atoms with Gasteiger partial charge in [-0.2, -0.15) is 0 Å². The first-order valence-electron chi connectivity index (χ1n) is 8.23. The molecule has 5 nitrogen and oxygen atoms in total. The monoisotopic (exact) mass is 387 g/mol. The van der Waals surface area contributed by atoms with E-state index in [4.69, 9.17) is 17.3 Å². The number of primary amides is 1. The summed E-state index contributed by atoms with van der Waals surface area (Å²) in [5.41, 5.74) is 6.72. The Morgan fingerprint density at radius 1 is 1.26 bits per heavy atom. The third kappa shape index (κ3) is 6.01. The Balaban J connectivity index is 2.33. The van der Waals surface area contributed by atoms with Gasteiger partial charge in [-0.1, -0.05) is 35.7 Å². The smallest absolute Gasteiger partial charge is 0.295 e. The number of hydrogen-bond donors (Lipinski definition) is 3. The van der Waals surface area contributed by atoms with Gasteiger partial charge in [-0.15, -0.1) is 0 Å². The Kier molecular flexibility index (Phi) is 7.21. The maximum atomic E-state index is 14.2. The van der Waals surface area contributed by atoms with Crippen molar-refractivity contribution in [3.63, 3.8) is 0 Å². The third-order valence-electron chi connectivity index (χ3n) is 3.80. The summed E-state index contributed by atoms with van der Waals surface area (Å²) in [7, 11) is 1.49. The molecule has 0 aliphatic heterocycles. The standard InChI is InChI=1S/C20H19ClFN3O2/c1-24-20(27)11-7-13-6-8-15(21)18(12-13)25-17(9-10-19(23)26)14-4-2-3-5-16(14)22/h2-6,8,12,17,25H,9-10H2,1H3,(H2,23,26)(H,24,27)/t17-/m1/s1. The van der Waals surface area contributed by atoms with E-state index in [1.165, 1.54) is 13.1 Å². The summed E-state index contributed by atoms with van der Waals surface area (Å²) in [5, 5.41) is 5.97. The normalized spacial score (nSPS) is 11.1. The van der Waals surface area contributed by atoms with Crippen molar-refractivity contribution in [3.05, 3.63) is 64.4 Å². The first-order valence-corrected chi connectivity index (χ1v) is 8.61. The Hall–Kier alpha value is -3.04. The third-order valence-corrected chi connectivity index (χ3v) is 4.13. The number of anilines is 1. The van der Waals surface area contributed by atoms with Crippen LogP contribution in [0.15, 0.2) is 42.5 Å². The van der Waals surface area contributed by atoms with E-state index in [0.29, 0.717) is 28.3 Å². The highest BCUT2D eigenvalue weighted by molar-refractivity contribution is 6.33. The summed E-state index contributed by atoms with van der Waals surface area (Å²) in [6, 6.07) is 10.7. The number of halogens is 2. The molecule has 0 aliphatic carbocycles. The zero-order chi connectivity index (χ0) is 19.8. The van der Waals surface area contributed by atoms with Gasteiger partial charge in [0.1, 0.15) is 5.82 Å². The summed E-state index contributed by atoms with van der Waals surface area (Å²) in [4.78, 5) is 22.5. The molecule has 2 aromatic rings. The van der Waals surface area contributed by atoms with Crippen LogP contribution in [0, 0.1) is 17.7 Å². The van der Waals surface area contributed by atoms with Gasteiger partial charge in [-0.05, 0) is 30.7 Å². The highest BCUT2D eigenvalue weighted by atomic mass is 35.5. The van der Waals surface area contributed by atoms with Crippen molar-refractivity contribution in [1.29, 1.82) is 0 Å². The van der Waals surface area contributed by atoms with Gasteiger partial charge in [0.15, 0.2) is 0 Å². The van der Waals surface area contributed by atoms with E-state index >= 15 is 0 Å². The van der Waals surface area contributed by atoms with Gasteiger partial charge in [-0.25, -0.2) is 4.39 Å². The molecule has 0 unspecified atom stereocenters. The molecule has 0 aromatic heterocycles. The van der Waals surface area contributed by atoms with E-state index in [0.717, 1.165) is 0 Å². The SMILES string of the molecule is CNC(=O)C#Cc1ccc(Cl)c(N[C@H](CCC(N)=O)c2ccccc2F)c1.